The smallest absolute Gasteiger partial charge is 0.253 e. The van der Waals surface area contributed by atoms with Crippen LogP contribution in [0.25, 0.3) is 0 Å². The lowest BCUT2D eigenvalue weighted by atomic mass is 9.85. The number of allylic oxidation sites excluding steroid dienone is 2. The number of benzene rings is 2. The molecule has 0 radical (unpaired) electrons. The number of nitrogens with zero attached hydrogens (tertiary/aromatic N) is 1. The Hall–Kier alpha value is -3.74. The van der Waals surface area contributed by atoms with E-state index >= 15 is 0 Å². The molecule has 170 valence electrons. The SMILES string of the molecule is C[C@@H](NC(=O)c1ccccc1NC(=O)CCN1C(=O)[C@H]2CC=CC[C@H]2C1=O)c1ccccc1. The Bertz CT molecular complexity index is 1070. The van der Waals surface area contributed by atoms with Crippen LogP contribution in [0.1, 0.15) is 48.1 Å². The molecule has 1 aliphatic heterocycles. The number of anilines is 1. The average Bonchev–Trinajstić information content (AvgIpc) is 3.08. The van der Waals surface area contributed by atoms with E-state index in [9.17, 15) is 19.2 Å². The number of imide groups is 1. The molecule has 3 atom stereocenters. The van der Waals surface area contributed by atoms with Crippen LogP contribution in [0.15, 0.2) is 66.7 Å². The highest BCUT2D eigenvalue weighted by Crippen LogP contribution is 2.35. The number of fused-ring (bicyclic) bond motifs is 1. The normalized spacial score (nSPS) is 20.3. The summed E-state index contributed by atoms with van der Waals surface area (Å²) in [6.07, 6.45) is 4.98. The molecule has 2 N–H and O–H groups in total. The fraction of sp³-hybridized carbons (Fsp3) is 0.308. The van der Waals surface area contributed by atoms with Crippen LogP contribution in [0, 0.1) is 11.8 Å². The van der Waals surface area contributed by atoms with Crippen molar-refractivity contribution in [3.05, 3.63) is 77.9 Å². The summed E-state index contributed by atoms with van der Waals surface area (Å²) in [6.45, 7) is 1.93. The molecule has 4 rings (SSSR count). The first-order valence-corrected chi connectivity index (χ1v) is 11.2. The molecular formula is C26H27N3O4. The van der Waals surface area contributed by atoms with Crippen molar-refractivity contribution < 1.29 is 19.2 Å². The van der Waals surface area contributed by atoms with E-state index < -0.39 is 0 Å². The summed E-state index contributed by atoms with van der Waals surface area (Å²) in [6, 6.07) is 16.2. The summed E-state index contributed by atoms with van der Waals surface area (Å²) in [5.41, 5.74) is 1.71. The van der Waals surface area contributed by atoms with E-state index in [2.05, 4.69) is 10.6 Å². The summed E-state index contributed by atoms with van der Waals surface area (Å²) in [5, 5.41) is 5.71. The van der Waals surface area contributed by atoms with Crippen molar-refractivity contribution in [1.82, 2.24) is 10.2 Å². The largest absolute Gasteiger partial charge is 0.345 e. The summed E-state index contributed by atoms with van der Waals surface area (Å²) in [5.74, 6) is -1.67. The zero-order chi connectivity index (χ0) is 23.4. The second-order valence-corrected chi connectivity index (χ2v) is 8.43. The van der Waals surface area contributed by atoms with E-state index in [0.717, 1.165) is 5.56 Å². The number of likely N-dealkylation sites (tertiary alicyclic amines) is 1. The average molecular weight is 446 g/mol. The van der Waals surface area contributed by atoms with Crippen LogP contribution in [0.5, 0.6) is 0 Å². The topological polar surface area (TPSA) is 95.6 Å². The van der Waals surface area contributed by atoms with Crippen molar-refractivity contribution in [3.8, 4) is 0 Å². The maximum atomic E-state index is 12.9. The first kappa shape index (κ1) is 22.5. The minimum Gasteiger partial charge on any atom is -0.345 e. The highest BCUT2D eigenvalue weighted by Gasteiger charge is 2.46. The fourth-order valence-electron chi connectivity index (χ4n) is 4.40. The Morgan fingerprint density at radius 2 is 1.55 bits per heavy atom. The van der Waals surface area contributed by atoms with Gasteiger partial charge in [0.05, 0.1) is 29.1 Å². The van der Waals surface area contributed by atoms with Crippen molar-refractivity contribution >= 4 is 29.3 Å². The quantitative estimate of drug-likeness (QED) is 0.504. The van der Waals surface area contributed by atoms with Crippen molar-refractivity contribution in [1.29, 1.82) is 0 Å². The van der Waals surface area contributed by atoms with Gasteiger partial charge in [0.25, 0.3) is 5.91 Å². The standard InChI is InChI=1S/C26H27N3O4/c1-17(18-9-3-2-4-10-18)27-24(31)21-13-7-8-14-22(21)28-23(30)15-16-29-25(32)19-11-5-6-12-20(19)26(29)33/h2-10,13-14,17,19-20H,11-12,15-16H2,1H3,(H,27,31)(H,28,30)/t17-,19-,20+/m1/s1. The fourth-order valence-corrected chi connectivity index (χ4v) is 4.40. The molecule has 0 spiro atoms. The zero-order valence-electron chi connectivity index (χ0n) is 18.5. The lowest BCUT2D eigenvalue weighted by Gasteiger charge is -2.17. The summed E-state index contributed by atoms with van der Waals surface area (Å²) in [7, 11) is 0. The van der Waals surface area contributed by atoms with Crippen molar-refractivity contribution in [2.24, 2.45) is 11.8 Å². The van der Waals surface area contributed by atoms with Crippen LogP contribution in [0.3, 0.4) is 0 Å². The Labute approximate surface area is 192 Å². The lowest BCUT2D eigenvalue weighted by molar-refractivity contribution is -0.140. The van der Waals surface area contributed by atoms with Crippen LogP contribution < -0.4 is 10.6 Å². The van der Waals surface area contributed by atoms with Gasteiger partial charge in [-0.05, 0) is 37.5 Å². The molecule has 2 aromatic carbocycles. The minimum atomic E-state index is -0.361. The molecule has 4 amide bonds. The van der Waals surface area contributed by atoms with E-state index in [4.69, 9.17) is 0 Å². The Balaban J connectivity index is 1.36. The van der Waals surface area contributed by atoms with E-state index in [0.29, 0.717) is 24.1 Å². The van der Waals surface area contributed by atoms with E-state index in [1.165, 1.54) is 4.90 Å². The Kier molecular flexibility index (Phi) is 6.68. The molecule has 0 bridgehead atoms. The third-order valence-electron chi connectivity index (χ3n) is 6.25. The molecule has 33 heavy (non-hydrogen) atoms. The number of amides is 4. The van der Waals surface area contributed by atoms with Gasteiger partial charge in [0.1, 0.15) is 0 Å². The maximum Gasteiger partial charge on any atom is 0.253 e. The summed E-state index contributed by atoms with van der Waals surface area (Å²) < 4.78 is 0. The Morgan fingerprint density at radius 3 is 2.21 bits per heavy atom. The predicted molar refractivity (Wildman–Crippen MR) is 124 cm³/mol. The van der Waals surface area contributed by atoms with Gasteiger partial charge in [-0.2, -0.15) is 0 Å². The summed E-state index contributed by atoms with van der Waals surface area (Å²) >= 11 is 0. The lowest BCUT2D eigenvalue weighted by Crippen LogP contribution is -2.34. The van der Waals surface area contributed by atoms with Gasteiger partial charge in [-0.1, -0.05) is 54.6 Å². The highest BCUT2D eigenvalue weighted by molar-refractivity contribution is 6.06. The van der Waals surface area contributed by atoms with Crippen molar-refractivity contribution in [2.75, 3.05) is 11.9 Å². The molecule has 0 saturated carbocycles. The molecule has 1 saturated heterocycles. The van der Waals surface area contributed by atoms with E-state index in [-0.39, 0.29) is 54.5 Å². The molecule has 0 aromatic heterocycles. The van der Waals surface area contributed by atoms with Crippen LogP contribution in [-0.2, 0) is 14.4 Å². The second-order valence-electron chi connectivity index (χ2n) is 8.43. The summed E-state index contributed by atoms with van der Waals surface area (Å²) in [4.78, 5) is 51.8. The molecule has 1 aliphatic carbocycles. The molecule has 2 aliphatic rings. The van der Waals surface area contributed by atoms with Crippen molar-refractivity contribution in [2.45, 2.75) is 32.2 Å². The second kappa shape index (κ2) is 9.81. The predicted octanol–water partition coefficient (Wildman–Crippen LogP) is 3.46. The van der Waals surface area contributed by atoms with Gasteiger partial charge in [0, 0.05) is 13.0 Å². The van der Waals surface area contributed by atoms with Gasteiger partial charge in [0.2, 0.25) is 17.7 Å². The Morgan fingerprint density at radius 1 is 0.939 bits per heavy atom. The van der Waals surface area contributed by atoms with Gasteiger partial charge in [-0.15, -0.1) is 0 Å². The maximum absolute atomic E-state index is 12.9. The molecule has 7 nitrogen and oxygen atoms in total. The van der Waals surface area contributed by atoms with E-state index in [1.807, 2.05) is 49.4 Å². The third kappa shape index (κ3) is 4.87. The number of nitrogens with one attached hydrogen (secondary N) is 2. The number of para-hydroxylation sites is 1. The number of rotatable bonds is 7. The number of hydrogen-bond donors (Lipinski definition) is 2. The monoisotopic (exact) mass is 445 g/mol. The van der Waals surface area contributed by atoms with Gasteiger partial charge in [0.15, 0.2) is 0 Å². The van der Waals surface area contributed by atoms with Gasteiger partial charge in [-0.25, -0.2) is 0 Å². The third-order valence-corrected chi connectivity index (χ3v) is 6.25. The molecule has 1 fully saturated rings. The first-order chi connectivity index (χ1) is 16.0. The number of carbonyl (C=O) groups is 4. The molecule has 0 unspecified atom stereocenters. The number of hydrogen-bond acceptors (Lipinski definition) is 4. The van der Waals surface area contributed by atoms with Gasteiger partial charge < -0.3 is 10.6 Å². The molecule has 2 aromatic rings. The minimum absolute atomic E-state index is 0.0271. The van der Waals surface area contributed by atoms with Crippen LogP contribution >= 0.6 is 0 Å². The highest BCUT2D eigenvalue weighted by atomic mass is 16.2. The van der Waals surface area contributed by atoms with Gasteiger partial charge in [-0.3, -0.25) is 24.1 Å². The first-order valence-electron chi connectivity index (χ1n) is 11.2. The molecule has 1 heterocycles. The van der Waals surface area contributed by atoms with E-state index in [1.54, 1.807) is 24.3 Å². The van der Waals surface area contributed by atoms with Crippen LogP contribution in [0.2, 0.25) is 0 Å². The molecule has 7 heteroatoms. The van der Waals surface area contributed by atoms with Crippen LogP contribution in [-0.4, -0.2) is 35.1 Å². The molecular weight excluding hydrogens is 418 g/mol. The zero-order valence-corrected chi connectivity index (χ0v) is 18.5. The number of carbonyl (C=O) groups excluding carboxylic acids is 4. The van der Waals surface area contributed by atoms with Crippen molar-refractivity contribution in [3.63, 3.8) is 0 Å². The van der Waals surface area contributed by atoms with Crippen LogP contribution in [0.4, 0.5) is 5.69 Å². The van der Waals surface area contributed by atoms with Gasteiger partial charge >= 0.3 is 0 Å².